The second-order valence-corrected chi connectivity index (χ2v) is 5.67. The van der Waals surface area contributed by atoms with Crippen molar-refractivity contribution in [3.63, 3.8) is 0 Å². The van der Waals surface area contributed by atoms with Crippen LogP contribution < -0.4 is 5.32 Å². The first kappa shape index (κ1) is 20.9. The molecule has 1 amide bonds. The minimum absolute atomic E-state index is 0.00689. The number of rotatable bonds is 5. The number of alkyl halides is 7. The van der Waals surface area contributed by atoms with Crippen LogP contribution in [0.1, 0.15) is 5.56 Å². The maximum atomic E-state index is 13.3. The second kappa shape index (κ2) is 6.98. The highest BCUT2D eigenvalue weighted by molar-refractivity contribution is 6.31. The summed E-state index contributed by atoms with van der Waals surface area (Å²) in [5.41, 5.74) is -0.219. The summed E-state index contributed by atoms with van der Waals surface area (Å²) in [5.74, 6) is -16.1. The Bertz CT molecular complexity index is 849. The van der Waals surface area contributed by atoms with E-state index in [1.807, 2.05) is 0 Å². The van der Waals surface area contributed by atoms with E-state index < -0.39 is 35.4 Å². The number of carbonyl (C=O) groups is 1. The number of aromatic nitrogens is 2. The molecule has 148 valence electrons. The molecular formula is C14H8ClF8N3O. The van der Waals surface area contributed by atoms with E-state index in [0.717, 1.165) is 29.2 Å². The van der Waals surface area contributed by atoms with Crippen molar-refractivity contribution in [3.8, 4) is 0 Å². The van der Waals surface area contributed by atoms with Gasteiger partial charge in [-0.1, -0.05) is 17.7 Å². The largest absolute Gasteiger partial charge is 0.460 e. The SMILES string of the molecule is O=C(Nc1cnn(Cc2ccc(F)cc2Cl)c1)C(F)(F)C(F)(F)C(F)(F)F. The molecule has 0 aliphatic rings. The summed E-state index contributed by atoms with van der Waals surface area (Å²) in [6, 6.07) is 3.35. The number of halogens is 9. The Hall–Kier alpha value is -2.37. The van der Waals surface area contributed by atoms with Crippen molar-refractivity contribution in [2.45, 2.75) is 24.6 Å². The van der Waals surface area contributed by atoms with E-state index in [2.05, 4.69) is 5.10 Å². The van der Waals surface area contributed by atoms with Crippen LogP contribution in [-0.4, -0.2) is 33.7 Å². The molecule has 0 saturated carbocycles. The molecule has 0 saturated heterocycles. The van der Waals surface area contributed by atoms with E-state index in [4.69, 9.17) is 11.6 Å². The van der Waals surface area contributed by atoms with Gasteiger partial charge in [0.15, 0.2) is 0 Å². The summed E-state index contributed by atoms with van der Waals surface area (Å²) in [7, 11) is 0. The third-order valence-electron chi connectivity index (χ3n) is 3.27. The van der Waals surface area contributed by atoms with Gasteiger partial charge in [-0.05, 0) is 17.7 Å². The van der Waals surface area contributed by atoms with Crippen LogP contribution in [0, 0.1) is 5.82 Å². The van der Waals surface area contributed by atoms with Gasteiger partial charge in [-0.25, -0.2) is 4.39 Å². The van der Waals surface area contributed by atoms with Gasteiger partial charge in [0, 0.05) is 11.2 Å². The molecule has 27 heavy (non-hydrogen) atoms. The molecule has 0 aliphatic heterocycles. The molecule has 1 aromatic carbocycles. The lowest BCUT2D eigenvalue weighted by Gasteiger charge is -2.26. The van der Waals surface area contributed by atoms with Crippen LogP contribution in [0.3, 0.4) is 0 Å². The average molecular weight is 422 g/mol. The van der Waals surface area contributed by atoms with E-state index in [1.165, 1.54) is 11.4 Å². The van der Waals surface area contributed by atoms with Crippen molar-refractivity contribution < 1.29 is 39.9 Å². The van der Waals surface area contributed by atoms with E-state index in [0.29, 0.717) is 5.56 Å². The molecule has 0 spiro atoms. The van der Waals surface area contributed by atoms with Crippen LogP contribution in [0.25, 0.3) is 0 Å². The fraction of sp³-hybridized carbons (Fsp3) is 0.286. The number of carbonyl (C=O) groups excluding carboxylic acids is 1. The molecule has 1 N–H and O–H groups in total. The molecule has 0 bridgehead atoms. The number of hydrogen-bond donors (Lipinski definition) is 1. The van der Waals surface area contributed by atoms with Crippen LogP contribution in [0.15, 0.2) is 30.6 Å². The van der Waals surface area contributed by atoms with E-state index in [-0.39, 0.29) is 11.6 Å². The zero-order valence-corrected chi connectivity index (χ0v) is 13.6. The molecule has 0 unspecified atom stereocenters. The van der Waals surface area contributed by atoms with Crippen LogP contribution in [0.4, 0.5) is 40.8 Å². The maximum Gasteiger partial charge on any atom is 0.460 e. The predicted molar refractivity (Wildman–Crippen MR) is 77.3 cm³/mol. The Morgan fingerprint density at radius 2 is 1.78 bits per heavy atom. The molecule has 0 fully saturated rings. The van der Waals surface area contributed by atoms with Crippen molar-refractivity contribution in [2.75, 3.05) is 5.32 Å². The van der Waals surface area contributed by atoms with Gasteiger partial charge in [0.2, 0.25) is 0 Å². The lowest BCUT2D eigenvalue weighted by molar-refractivity contribution is -0.343. The fourth-order valence-electron chi connectivity index (χ4n) is 1.87. The zero-order valence-electron chi connectivity index (χ0n) is 12.8. The van der Waals surface area contributed by atoms with Crippen molar-refractivity contribution in [3.05, 3.63) is 47.0 Å². The van der Waals surface area contributed by atoms with E-state index in [9.17, 15) is 39.9 Å². The first-order chi connectivity index (χ1) is 12.3. The molecular weight excluding hydrogens is 414 g/mol. The quantitative estimate of drug-likeness (QED) is 0.723. The summed E-state index contributed by atoms with van der Waals surface area (Å²) in [6.07, 6.45) is -4.99. The molecule has 2 aromatic rings. The summed E-state index contributed by atoms with van der Waals surface area (Å²) in [4.78, 5) is 11.2. The molecule has 13 heteroatoms. The van der Waals surface area contributed by atoms with Crippen molar-refractivity contribution in [1.29, 1.82) is 0 Å². The molecule has 0 radical (unpaired) electrons. The first-order valence-electron chi connectivity index (χ1n) is 6.86. The van der Waals surface area contributed by atoms with Crippen molar-refractivity contribution in [1.82, 2.24) is 9.78 Å². The third kappa shape index (κ3) is 4.15. The molecule has 1 heterocycles. The highest BCUT2D eigenvalue weighted by atomic mass is 35.5. The Labute approximate surface area is 150 Å². The topological polar surface area (TPSA) is 46.9 Å². The van der Waals surface area contributed by atoms with Crippen LogP contribution in [0.2, 0.25) is 5.02 Å². The van der Waals surface area contributed by atoms with Gasteiger partial charge >= 0.3 is 23.9 Å². The fourth-order valence-corrected chi connectivity index (χ4v) is 2.10. The smallest absolute Gasteiger partial charge is 0.318 e. The number of nitrogens with zero attached hydrogens (tertiary/aromatic N) is 2. The lowest BCUT2D eigenvalue weighted by atomic mass is 10.1. The molecule has 0 aliphatic carbocycles. The zero-order chi connectivity index (χ0) is 20.6. The van der Waals surface area contributed by atoms with E-state index >= 15 is 0 Å². The predicted octanol–water partition coefficient (Wildman–Crippen LogP) is 4.50. The third-order valence-corrected chi connectivity index (χ3v) is 3.63. The number of nitrogens with one attached hydrogen (secondary N) is 1. The Morgan fingerprint density at radius 1 is 1.15 bits per heavy atom. The van der Waals surface area contributed by atoms with E-state index in [1.54, 1.807) is 0 Å². The number of benzene rings is 1. The van der Waals surface area contributed by atoms with Gasteiger partial charge in [-0.3, -0.25) is 9.48 Å². The first-order valence-corrected chi connectivity index (χ1v) is 7.23. The Kier molecular flexibility index (Phi) is 5.41. The van der Waals surface area contributed by atoms with Crippen LogP contribution in [0.5, 0.6) is 0 Å². The number of hydrogen-bond acceptors (Lipinski definition) is 2. The Morgan fingerprint density at radius 3 is 2.33 bits per heavy atom. The maximum absolute atomic E-state index is 13.3. The summed E-state index contributed by atoms with van der Waals surface area (Å²) >= 11 is 5.78. The van der Waals surface area contributed by atoms with Gasteiger partial charge in [0.05, 0.1) is 18.4 Å². The minimum atomic E-state index is -6.63. The minimum Gasteiger partial charge on any atom is -0.318 e. The standard InChI is InChI=1S/C14H8ClF8N3O/c15-10-3-8(16)2-1-7(10)5-26-6-9(4-24-26)25-11(27)12(17,18)13(19,20)14(21,22)23/h1-4,6H,5H2,(H,25,27). The summed E-state index contributed by atoms with van der Waals surface area (Å²) in [5, 5.41) is 4.87. The lowest BCUT2D eigenvalue weighted by Crippen LogP contribution is -2.57. The molecule has 4 nitrogen and oxygen atoms in total. The van der Waals surface area contributed by atoms with Crippen molar-refractivity contribution in [2.24, 2.45) is 0 Å². The highest BCUT2D eigenvalue weighted by Crippen LogP contribution is 2.46. The van der Waals surface area contributed by atoms with Gasteiger partial charge in [-0.15, -0.1) is 0 Å². The van der Waals surface area contributed by atoms with Gasteiger partial charge in [0.1, 0.15) is 5.82 Å². The molecule has 1 aromatic heterocycles. The number of amides is 1. The normalized spacial score (nSPS) is 12.9. The monoisotopic (exact) mass is 421 g/mol. The summed E-state index contributed by atoms with van der Waals surface area (Å²) < 4.78 is 102. The molecule has 0 atom stereocenters. The van der Waals surface area contributed by atoms with Gasteiger partial charge < -0.3 is 5.32 Å². The van der Waals surface area contributed by atoms with Crippen LogP contribution >= 0.6 is 11.6 Å². The Balaban J connectivity index is 2.14. The molecule has 2 rings (SSSR count). The number of anilines is 1. The van der Waals surface area contributed by atoms with Crippen LogP contribution in [-0.2, 0) is 11.3 Å². The highest BCUT2D eigenvalue weighted by Gasteiger charge is 2.76. The summed E-state index contributed by atoms with van der Waals surface area (Å²) in [6.45, 7) is -0.121. The second-order valence-electron chi connectivity index (χ2n) is 5.26. The van der Waals surface area contributed by atoms with Gasteiger partial charge in [0.25, 0.3) is 0 Å². The average Bonchev–Trinajstić information content (AvgIpc) is 2.96. The van der Waals surface area contributed by atoms with Gasteiger partial charge in [-0.2, -0.15) is 35.8 Å². The van der Waals surface area contributed by atoms with Crippen molar-refractivity contribution >= 4 is 23.2 Å².